The molecule has 1 unspecified atom stereocenters. The van der Waals surface area contributed by atoms with Crippen LogP contribution in [-0.2, 0) is 35.1 Å². The van der Waals surface area contributed by atoms with Gasteiger partial charge in [-0.05, 0) is 43.9 Å². The molecule has 11 nitrogen and oxygen atoms in total. The van der Waals surface area contributed by atoms with Crippen LogP contribution in [0.5, 0.6) is 5.75 Å². The maximum Gasteiger partial charge on any atom is 0.243 e. The predicted octanol–water partition coefficient (Wildman–Crippen LogP) is 1.03. The van der Waals surface area contributed by atoms with Crippen molar-refractivity contribution in [2.75, 3.05) is 33.4 Å². The fourth-order valence-corrected chi connectivity index (χ4v) is 5.53. The number of ether oxygens (including phenoxy) is 3. The summed E-state index contributed by atoms with van der Waals surface area (Å²) in [5, 5.41) is 11.6. The van der Waals surface area contributed by atoms with Crippen LogP contribution in [0.1, 0.15) is 57.9 Å². The van der Waals surface area contributed by atoms with Crippen LogP contribution < -0.4 is 26.0 Å². The third kappa shape index (κ3) is 8.98. The molecule has 3 fully saturated rings. The quantitative estimate of drug-likeness (QED) is 0.242. The zero-order chi connectivity index (χ0) is 29.4. The second-order valence-electron chi connectivity index (χ2n) is 11.6. The molecule has 2 heterocycles. The zero-order valence-electron chi connectivity index (χ0n) is 24.3. The summed E-state index contributed by atoms with van der Waals surface area (Å²) in [5.74, 6) is -0.350. The molecule has 4 N–H and O–H groups in total. The van der Waals surface area contributed by atoms with Gasteiger partial charge in [0.15, 0.2) is 5.78 Å². The topological polar surface area (TPSA) is 147 Å². The van der Waals surface area contributed by atoms with E-state index in [2.05, 4.69) is 21.3 Å². The molecular formula is C30H44N4O7. The SMILES string of the molecule is COc1ccc(C[C@H](NC(=O)[C@H](C)NC(=O)CC2CNCCO2)C(=O)N[C@@H](CC2CCCC2)C(=O)[C@@]2(C)CO2)cc1. The lowest BCUT2D eigenvalue weighted by Gasteiger charge is -2.27. The maximum atomic E-state index is 13.7. The number of Topliss-reactive ketones (excluding diaryl/α,β-unsaturated/α-hetero) is 1. The average molecular weight is 573 g/mol. The molecule has 3 amide bonds. The van der Waals surface area contributed by atoms with Gasteiger partial charge < -0.3 is 35.5 Å². The van der Waals surface area contributed by atoms with E-state index in [0.717, 1.165) is 37.8 Å². The Morgan fingerprint density at radius 3 is 2.34 bits per heavy atom. The van der Waals surface area contributed by atoms with Crippen LogP contribution in [-0.4, -0.2) is 86.7 Å². The molecule has 2 aliphatic heterocycles. The van der Waals surface area contributed by atoms with Crippen LogP contribution >= 0.6 is 0 Å². The molecule has 1 saturated carbocycles. The standard InChI is InChI=1S/C30H44N4O7/c1-19(32-26(35)16-23-17-31-12-13-40-23)28(37)34-25(15-21-8-10-22(39-3)11-9-21)29(38)33-24(14-20-6-4-5-7-20)27(36)30(2)18-41-30/h8-11,19-20,23-25,31H,4-7,12-18H2,1-3H3,(H,32,35)(H,33,38)(H,34,37)/t19-,23?,24-,25-,30+/m0/s1. The number of methoxy groups -OCH3 is 1. The first-order valence-corrected chi connectivity index (χ1v) is 14.7. The largest absolute Gasteiger partial charge is 0.497 e. The van der Waals surface area contributed by atoms with Crippen LogP contribution in [0.25, 0.3) is 0 Å². The average Bonchev–Trinajstić information content (AvgIpc) is 3.51. The van der Waals surface area contributed by atoms with Gasteiger partial charge in [0.05, 0.1) is 38.9 Å². The molecule has 4 rings (SSSR count). The highest BCUT2D eigenvalue weighted by Gasteiger charge is 2.50. The first kappa shape index (κ1) is 30.9. The minimum Gasteiger partial charge on any atom is -0.497 e. The number of hydrogen-bond donors (Lipinski definition) is 4. The number of morpholine rings is 1. The summed E-state index contributed by atoms with van der Waals surface area (Å²) in [4.78, 5) is 52.7. The first-order valence-electron chi connectivity index (χ1n) is 14.7. The van der Waals surface area contributed by atoms with Crippen molar-refractivity contribution in [1.29, 1.82) is 0 Å². The molecule has 1 aliphatic carbocycles. The van der Waals surface area contributed by atoms with Crippen molar-refractivity contribution >= 4 is 23.5 Å². The van der Waals surface area contributed by atoms with Gasteiger partial charge in [-0.2, -0.15) is 0 Å². The summed E-state index contributed by atoms with van der Waals surface area (Å²) in [6, 6.07) is 4.69. The van der Waals surface area contributed by atoms with Crippen molar-refractivity contribution in [1.82, 2.24) is 21.3 Å². The van der Waals surface area contributed by atoms with Crippen molar-refractivity contribution in [3.8, 4) is 5.75 Å². The molecule has 11 heteroatoms. The fourth-order valence-electron chi connectivity index (χ4n) is 5.53. The Morgan fingerprint density at radius 1 is 1.05 bits per heavy atom. The number of carbonyl (C=O) groups is 4. The molecule has 226 valence electrons. The van der Waals surface area contributed by atoms with E-state index in [1.54, 1.807) is 33.1 Å². The van der Waals surface area contributed by atoms with E-state index in [0.29, 0.717) is 37.8 Å². The summed E-state index contributed by atoms with van der Waals surface area (Å²) in [6.07, 6.45) is 4.93. The summed E-state index contributed by atoms with van der Waals surface area (Å²) in [5.41, 5.74) is -0.0668. The number of ketones is 1. The monoisotopic (exact) mass is 572 g/mol. The Kier molecular flexibility index (Phi) is 10.7. The van der Waals surface area contributed by atoms with Crippen molar-refractivity contribution in [2.45, 2.75) is 88.6 Å². The lowest BCUT2D eigenvalue weighted by atomic mass is 9.90. The summed E-state index contributed by atoms with van der Waals surface area (Å²) >= 11 is 0. The van der Waals surface area contributed by atoms with Gasteiger partial charge in [0.25, 0.3) is 0 Å². The minimum atomic E-state index is -0.965. The van der Waals surface area contributed by atoms with E-state index in [1.807, 2.05) is 12.1 Å². The third-order valence-electron chi connectivity index (χ3n) is 8.20. The van der Waals surface area contributed by atoms with E-state index >= 15 is 0 Å². The van der Waals surface area contributed by atoms with Crippen LogP contribution in [0.4, 0.5) is 0 Å². The molecule has 2 saturated heterocycles. The number of amides is 3. The van der Waals surface area contributed by atoms with Gasteiger partial charge in [0.1, 0.15) is 23.4 Å². The Morgan fingerprint density at radius 2 is 1.73 bits per heavy atom. The molecule has 5 atom stereocenters. The van der Waals surface area contributed by atoms with E-state index in [4.69, 9.17) is 14.2 Å². The first-order chi connectivity index (χ1) is 19.7. The van der Waals surface area contributed by atoms with E-state index < -0.39 is 35.5 Å². The number of carbonyl (C=O) groups excluding carboxylic acids is 4. The molecule has 41 heavy (non-hydrogen) atoms. The van der Waals surface area contributed by atoms with E-state index in [-0.39, 0.29) is 30.6 Å². The van der Waals surface area contributed by atoms with Crippen LogP contribution in [0.2, 0.25) is 0 Å². The molecule has 1 aromatic carbocycles. The Labute approximate surface area is 241 Å². The normalized spacial score (nSPS) is 24.5. The Hall–Kier alpha value is -3.02. The number of epoxide rings is 1. The second kappa shape index (κ2) is 14.2. The lowest BCUT2D eigenvalue weighted by molar-refractivity contribution is -0.134. The molecule has 0 radical (unpaired) electrons. The summed E-state index contributed by atoms with van der Waals surface area (Å²) in [7, 11) is 1.57. The van der Waals surface area contributed by atoms with Crippen molar-refractivity contribution in [3.63, 3.8) is 0 Å². The molecule has 0 aromatic heterocycles. The summed E-state index contributed by atoms with van der Waals surface area (Å²) in [6.45, 7) is 5.52. The van der Waals surface area contributed by atoms with Crippen molar-refractivity contribution < 1.29 is 33.4 Å². The van der Waals surface area contributed by atoms with Crippen LogP contribution in [0.3, 0.4) is 0 Å². The van der Waals surface area contributed by atoms with Gasteiger partial charge in [-0.3, -0.25) is 19.2 Å². The molecule has 3 aliphatic rings. The Bertz CT molecular complexity index is 1060. The minimum absolute atomic E-state index is 0.131. The molecule has 1 aromatic rings. The molecule has 0 spiro atoms. The third-order valence-corrected chi connectivity index (χ3v) is 8.20. The number of rotatable bonds is 14. The van der Waals surface area contributed by atoms with Gasteiger partial charge in [-0.25, -0.2) is 0 Å². The van der Waals surface area contributed by atoms with Crippen LogP contribution in [0, 0.1) is 5.92 Å². The van der Waals surface area contributed by atoms with Gasteiger partial charge in [-0.15, -0.1) is 0 Å². The van der Waals surface area contributed by atoms with Gasteiger partial charge in [-0.1, -0.05) is 37.8 Å². The highest BCUT2D eigenvalue weighted by molar-refractivity contribution is 5.98. The predicted molar refractivity (Wildman–Crippen MR) is 151 cm³/mol. The number of nitrogens with one attached hydrogen (secondary N) is 4. The van der Waals surface area contributed by atoms with E-state index in [9.17, 15) is 19.2 Å². The summed E-state index contributed by atoms with van der Waals surface area (Å²) < 4.78 is 16.2. The van der Waals surface area contributed by atoms with Crippen LogP contribution in [0.15, 0.2) is 24.3 Å². The van der Waals surface area contributed by atoms with Gasteiger partial charge >= 0.3 is 0 Å². The second-order valence-corrected chi connectivity index (χ2v) is 11.6. The van der Waals surface area contributed by atoms with Crippen molar-refractivity contribution in [3.05, 3.63) is 29.8 Å². The lowest BCUT2D eigenvalue weighted by Crippen LogP contribution is -2.57. The number of hydrogen-bond acceptors (Lipinski definition) is 8. The highest BCUT2D eigenvalue weighted by atomic mass is 16.6. The highest BCUT2D eigenvalue weighted by Crippen LogP contribution is 2.33. The Balaban J connectivity index is 1.43. The molecule has 0 bridgehead atoms. The molecular weight excluding hydrogens is 528 g/mol. The van der Waals surface area contributed by atoms with Gasteiger partial charge in [0, 0.05) is 19.5 Å². The maximum absolute atomic E-state index is 13.7. The van der Waals surface area contributed by atoms with Gasteiger partial charge in [0.2, 0.25) is 17.7 Å². The fraction of sp³-hybridized carbons (Fsp3) is 0.667. The van der Waals surface area contributed by atoms with Crippen molar-refractivity contribution in [2.24, 2.45) is 5.92 Å². The smallest absolute Gasteiger partial charge is 0.243 e. The van der Waals surface area contributed by atoms with E-state index in [1.165, 1.54) is 0 Å². The zero-order valence-corrected chi connectivity index (χ0v) is 24.3. The number of benzene rings is 1.